The molecule has 4 amide bonds. The van der Waals surface area contributed by atoms with E-state index < -0.39 is 70.0 Å². The van der Waals surface area contributed by atoms with Gasteiger partial charge in [0.2, 0.25) is 28.8 Å². The minimum atomic E-state index is -4.46. The van der Waals surface area contributed by atoms with Gasteiger partial charge in [-0.2, -0.15) is 17.5 Å². The average Bonchev–Trinajstić information content (AvgIpc) is 1.62. The van der Waals surface area contributed by atoms with Crippen LogP contribution in [-0.2, 0) is 71.9 Å². The fraction of sp³-hybridized carbons (Fsp3) is 0.284. The number of para-hydroxylation sites is 1. The summed E-state index contributed by atoms with van der Waals surface area (Å²) in [5.41, 5.74) is 6.31. The number of nitrogens with one attached hydrogen (secondary N) is 6. The number of carbonyl (C=O) groups excluding carboxylic acids is 4. The molecule has 4 aliphatic rings. The third kappa shape index (κ3) is 24.6. The fourth-order valence-electron chi connectivity index (χ4n) is 16.6. The number of hydrogen-bond donors (Lipinski definition) is 6. The Balaban J connectivity index is 0.000000263. The SMILES string of the molecule is CC(Nc1cccc(C(F)(F)F)c1)C(=O)N1CCN(c2ccc(S(=O)(=O)Nc3ccncn3)cc2)CC1.C[C@H]1CN(c2ccc(S(=O)(=O)Nc3nccs3)cc2)CCN1C(=O)[C@H](C)n1ccc2cccc(F)c21.Cc1cccc(CCNC2CCN(c3ccc(S(=O)(=O)Nc4nccs4)cc3)C2=O)c1.Cc1nsc(NS(=O)(=O)c2ccc(N3CCN(C(=O)[C@H](C)n4ccc5c(F)cccc54)CC3)cc2)n1.[HH].[HH].[HH].[HH].[HH].[HH].[HH].[HH]. The lowest BCUT2D eigenvalue weighted by Crippen LogP contribution is -2.55. The molecular formula is C95H116F5N21O12S7. The summed E-state index contributed by atoms with van der Waals surface area (Å²) in [5, 5.41) is 11.7. The molecule has 45 heteroatoms. The van der Waals surface area contributed by atoms with Gasteiger partial charge in [-0.05, 0) is 218 Å². The Morgan fingerprint density at radius 3 is 1.59 bits per heavy atom. The molecule has 10 heterocycles. The summed E-state index contributed by atoms with van der Waals surface area (Å²) in [5.74, 6) is -0.248. The normalized spacial score (nSPS) is 16.1. The third-order valence-electron chi connectivity index (χ3n) is 24.0. The number of nitrogens with zero attached hydrogens (tertiary/aromatic N) is 15. The molecule has 6 N–H and O–H groups in total. The van der Waals surface area contributed by atoms with E-state index >= 15 is 0 Å². The van der Waals surface area contributed by atoms with Gasteiger partial charge in [-0.15, -0.1) is 22.7 Å². The van der Waals surface area contributed by atoms with Crippen LogP contribution in [0.15, 0.2) is 268 Å². The molecule has 750 valence electrons. The van der Waals surface area contributed by atoms with Gasteiger partial charge in [0.25, 0.3) is 40.1 Å². The Kier molecular flexibility index (Phi) is 31.6. The van der Waals surface area contributed by atoms with Crippen molar-refractivity contribution in [1.82, 2.24) is 58.4 Å². The zero-order valence-corrected chi connectivity index (χ0v) is 82.2. The van der Waals surface area contributed by atoms with Crippen LogP contribution in [0, 0.1) is 25.5 Å². The lowest BCUT2D eigenvalue weighted by atomic mass is 10.1. The fourth-order valence-corrected chi connectivity index (χ4v) is 23.0. The van der Waals surface area contributed by atoms with Crippen LogP contribution in [-0.4, -0.2) is 214 Å². The van der Waals surface area contributed by atoms with Crippen LogP contribution >= 0.6 is 34.2 Å². The maximum absolute atomic E-state index is 14.5. The smallest absolute Gasteiger partial charge is 0.374 e. The number of fused-ring (bicyclic) bond motifs is 2. The number of amides is 4. The number of carbonyl (C=O) groups is 4. The molecule has 0 spiro atoms. The zero-order valence-electron chi connectivity index (χ0n) is 76.5. The maximum atomic E-state index is 14.5. The summed E-state index contributed by atoms with van der Waals surface area (Å²) in [4.78, 5) is 85.6. The second kappa shape index (κ2) is 43.9. The number of thiazole rings is 2. The van der Waals surface area contributed by atoms with Gasteiger partial charge in [0.1, 0.15) is 47.7 Å². The number of piperazine rings is 3. The minimum Gasteiger partial charge on any atom is -0.374 e. The van der Waals surface area contributed by atoms with Crippen molar-refractivity contribution in [2.45, 2.75) is 110 Å². The first-order valence-corrected chi connectivity index (χ1v) is 52.9. The Labute approximate surface area is 830 Å². The topological polar surface area (TPSA) is 387 Å². The highest BCUT2D eigenvalue weighted by Crippen LogP contribution is 2.35. The predicted molar refractivity (Wildman–Crippen MR) is 549 cm³/mol. The van der Waals surface area contributed by atoms with E-state index in [1.54, 1.807) is 149 Å². The quantitative estimate of drug-likeness (QED) is 0.0260. The number of benzene rings is 8. The molecule has 33 nitrogen and oxygen atoms in total. The number of alkyl halides is 3. The van der Waals surface area contributed by atoms with Crippen molar-refractivity contribution in [3.63, 3.8) is 0 Å². The van der Waals surface area contributed by atoms with E-state index in [1.165, 1.54) is 113 Å². The van der Waals surface area contributed by atoms with Gasteiger partial charge in [-0.1, -0.05) is 54.1 Å². The highest BCUT2D eigenvalue weighted by Gasteiger charge is 2.37. The minimum absolute atomic E-state index is 0. The van der Waals surface area contributed by atoms with Crippen molar-refractivity contribution < 1.29 is 86.2 Å². The summed E-state index contributed by atoms with van der Waals surface area (Å²) in [6.45, 7) is 18.2. The average molecular weight is 2060 g/mol. The molecule has 0 aliphatic carbocycles. The van der Waals surface area contributed by atoms with E-state index in [4.69, 9.17) is 0 Å². The first-order chi connectivity index (χ1) is 66.9. The molecule has 2 unspecified atom stereocenters. The van der Waals surface area contributed by atoms with Crippen LogP contribution in [0.1, 0.15) is 80.1 Å². The number of halogens is 5. The van der Waals surface area contributed by atoms with E-state index in [0.29, 0.717) is 117 Å². The molecule has 4 aliphatic heterocycles. The molecule has 14 aromatic rings. The standard InChI is InChI=1S/C25H26FN5O3S2.C24H25F3N6O3S.C24H25FN6O3S2.C22H24N4O3S2.8H2/c1-17-16-29(20-6-8-21(9-7-20)36(33,34)28-25-27-11-15-35-25)13-14-30(17)24(32)18(2)31-12-10-19-4-3-5-22(26)23(19)31;1-17(30-19-4-2-3-18(15-19)24(25,26)27)23(34)33-13-11-32(12-14-33)20-5-7-21(8-6-20)37(35,36)31-22-9-10-28-16-29-22;1-16(31-11-10-20-21(25)4-3-5-22(20)31)23(32)30-14-12-29(13-15-30)18-6-8-19(9-7-18)36(33,34)28-24-26-17(2)27-35-24;1-16-3-2-4-17(15-16)9-11-23-20-10-13-26(21(20)27)18-5-7-19(8-6-18)31(28,29)25-22-24-12-14-30-22;;;;;;;;/h3-12,15,17-18H,13-14,16H2,1-2H3,(H,27,28);2-10,15-17,30H,11-14H2,1H3,(H,28,29,31);3-11,16H,12-15H2,1-2H3,(H,26,27,28);2-8,12,14-15,20,23H,9-11,13H2,1H3,(H,24,25);8*1H/t17-,18-;;16-;;;;;;;;;/m0.0........./s1. The molecule has 8 aromatic carbocycles. The molecule has 5 atom stereocenters. The van der Waals surface area contributed by atoms with Gasteiger partial charge >= 0.3 is 6.18 Å². The Hall–Kier alpha value is -13.6. The van der Waals surface area contributed by atoms with Crippen molar-refractivity contribution in [1.29, 1.82) is 0 Å². The maximum Gasteiger partial charge on any atom is 0.416 e. The van der Waals surface area contributed by atoms with E-state index in [-0.39, 0.29) is 95.0 Å². The summed E-state index contributed by atoms with van der Waals surface area (Å²) >= 11 is 3.42. The van der Waals surface area contributed by atoms with Gasteiger partial charge < -0.3 is 54.1 Å². The monoisotopic (exact) mass is 2060 g/mol. The van der Waals surface area contributed by atoms with Crippen LogP contribution in [0.3, 0.4) is 0 Å². The molecular weight excluding hydrogens is 1950 g/mol. The zero-order chi connectivity index (χ0) is 99.4. The van der Waals surface area contributed by atoms with E-state index in [2.05, 4.69) is 93.7 Å². The first-order valence-electron chi connectivity index (χ1n) is 44.5. The largest absolute Gasteiger partial charge is 0.416 e. The Morgan fingerprint density at radius 2 is 1.04 bits per heavy atom. The number of rotatable bonds is 27. The molecule has 140 heavy (non-hydrogen) atoms. The van der Waals surface area contributed by atoms with Gasteiger partial charge in [0.05, 0.1) is 42.2 Å². The van der Waals surface area contributed by atoms with Crippen LogP contribution in [0.2, 0.25) is 0 Å². The predicted octanol–water partition coefficient (Wildman–Crippen LogP) is 16.6. The van der Waals surface area contributed by atoms with Gasteiger partial charge in [0, 0.05) is 188 Å². The molecule has 4 fully saturated rings. The van der Waals surface area contributed by atoms with Crippen LogP contribution in [0.5, 0.6) is 0 Å². The van der Waals surface area contributed by atoms with Crippen LogP contribution < -0.4 is 49.1 Å². The number of sulfonamides is 4. The second-order valence-corrected chi connectivity index (χ2v) is 42.7. The van der Waals surface area contributed by atoms with Crippen molar-refractivity contribution in [2.24, 2.45) is 0 Å². The summed E-state index contributed by atoms with van der Waals surface area (Å²) < 4.78 is 185. The van der Waals surface area contributed by atoms with Crippen molar-refractivity contribution in [3.8, 4) is 0 Å². The molecule has 0 bridgehead atoms. The number of anilines is 9. The Bertz CT molecular complexity index is 7220. The van der Waals surface area contributed by atoms with Crippen molar-refractivity contribution >= 4 is 169 Å². The molecule has 4 saturated heterocycles. The highest BCUT2D eigenvalue weighted by atomic mass is 32.2. The first kappa shape index (κ1) is 101. The number of hydrogen-bond acceptors (Lipinski definition) is 26. The number of aryl methyl sites for hydroxylation is 2. The Morgan fingerprint density at radius 1 is 0.521 bits per heavy atom. The van der Waals surface area contributed by atoms with Crippen molar-refractivity contribution in [3.05, 3.63) is 282 Å². The lowest BCUT2D eigenvalue weighted by Gasteiger charge is -2.42. The summed E-state index contributed by atoms with van der Waals surface area (Å²) in [7, 11) is -15.0. The van der Waals surface area contributed by atoms with Crippen molar-refractivity contribution in [2.75, 3.05) is 129 Å². The van der Waals surface area contributed by atoms with E-state index in [0.717, 1.165) is 65.5 Å². The van der Waals surface area contributed by atoms with Gasteiger partial charge in [-0.25, -0.2) is 67.4 Å². The van der Waals surface area contributed by atoms with Gasteiger partial charge in [0.15, 0.2) is 10.3 Å². The van der Waals surface area contributed by atoms with Gasteiger partial charge in [-0.3, -0.25) is 38.1 Å². The number of aromatic nitrogens is 8. The summed E-state index contributed by atoms with van der Waals surface area (Å²) in [6.07, 6.45) is 6.39. The lowest BCUT2D eigenvalue weighted by molar-refractivity contribution is -0.138. The second-order valence-electron chi connectivity index (χ2n) is 33.4. The molecule has 0 radical (unpaired) electrons. The van der Waals surface area contributed by atoms with E-state index in [1.807, 2.05) is 57.4 Å². The summed E-state index contributed by atoms with van der Waals surface area (Å²) in [6, 6.07) is 51.9. The molecule has 0 saturated carbocycles. The van der Waals surface area contributed by atoms with Crippen LogP contribution in [0.4, 0.5) is 71.6 Å². The van der Waals surface area contributed by atoms with Crippen LogP contribution in [0.25, 0.3) is 21.8 Å². The highest BCUT2D eigenvalue weighted by molar-refractivity contribution is 7.93. The third-order valence-corrected chi connectivity index (χ3v) is 31.9. The molecule has 6 aromatic heterocycles. The molecule has 18 rings (SSSR count). The van der Waals surface area contributed by atoms with E-state index in [9.17, 15) is 74.8 Å².